The number of nitrogens with two attached hydrogens (primary N) is 1. The van der Waals surface area contributed by atoms with Crippen LogP contribution in [0.3, 0.4) is 0 Å². The third-order valence-electron chi connectivity index (χ3n) is 2.46. The highest BCUT2D eigenvalue weighted by molar-refractivity contribution is 14.1. The maximum atomic E-state index is 13.0. The van der Waals surface area contributed by atoms with Crippen LogP contribution in [0.4, 0.5) is 15.8 Å². The smallest absolute Gasteiger partial charge is 0.141 e. The van der Waals surface area contributed by atoms with Gasteiger partial charge in [-0.1, -0.05) is 17.7 Å². The first kappa shape index (κ1) is 13.4. The third kappa shape index (κ3) is 3.26. The molecule has 94 valence electrons. The Morgan fingerprint density at radius 3 is 2.67 bits per heavy atom. The molecule has 18 heavy (non-hydrogen) atoms. The van der Waals surface area contributed by atoms with Gasteiger partial charge < -0.3 is 11.1 Å². The summed E-state index contributed by atoms with van der Waals surface area (Å²) >= 11 is 7.94. The fourth-order valence-electron chi connectivity index (χ4n) is 1.52. The largest absolute Gasteiger partial charge is 0.399 e. The first-order valence-electron chi connectivity index (χ1n) is 5.29. The van der Waals surface area contributed by atoms with E-state index < -0.39 is 5.82 Å². The Morgan fingerprint density at radius 1 is 1.22 bits per heavy atom. The summed E-state index contributed by atoms with van der Waals surface area (Å²) in [4.78, 5) is 0. The van der Waals surface area contributed by atoms with Crippen molar-refractivity contribution in [2.24, 2.45) is 0 Å². The number of hydrogen-bond acceptors (Lipinski definition) is 2. The molecule has 3 N–H and O–H groups in total. The molecule has 0 atom stereocenters. The van der Waals surface area contributed by atoms with Crippen LogP contribution in [0.2, 0.25) is 5.02 Å². The summed E-state index contributed by atoms with van der Waals surface area (Å²) in [7, 11) is 0. The van der Waals surface area contributed by atoms with Crippen LogP contribution in [0, 0.1) is 9.39 Å². The van der Waals surface area contributed by atoms with Gasteiger partial charge in [-0.2, -0.15) is 0 Å². The van der Waals surface area contributed by atoms with Crippen molar-refractivity contribution in [1.29, 1.82) is 0 Å². The molecule has 0 spiro atoms. The number of rotatable bonds is 3. The molecule has 0 radical (unpaired) electrons. The van der Waals surface area contributed by atoms with Crippen molar-refractivity contribution in [2.45, 2.75) is 6.54 Å². The molecule has 0 aromatic heterocycles. The highest BCUT2D eigenvalue weighted by atomic mass is 127. The Labute approximate surface area is 123 Å². The predicted molar refractivity (Wildman–Crippen MR) is 82.3 cm³/mol. The van der Waals surface area contributed by atoms with E-state index in [2.05, 4.69) is 27.9 Å². The minimum absolute atomic E-state index is 0.140. The Hall–Kier alpha value is -1.01. The molecular weight excluding hydrogens is 366 g/mol. The molecule has 2 aromatic rings. The van der Waals surface area contributed by atoms with Crippen LogP contribution in [-0.4, -0.2) is 0 Å². The Balaban J connectivity index is 2.09. The summed E-state index contributed by atoms with van der Waals surface area (Å²) in [6.07, 6.45) is 0. The molecule has 0 aliphatic heterocycles. The van der Waals surface area contributed by atoms with Gasteiger partial charge in [0.05, 0.1) is 5.02 Å². The molecule has 0 fully saturated rings. The van der Waals surface area contributed by atoms with Crippen molar-refractivity contribution >= 4 is 45.6 Å². The monoisotopic (exact) mass is 376 g/mol. The number of anilines is 2. The summed E-state index contributed by atoms with van der Waals surface area (Å²) < 4.78 is 14.0. The zero-order valence-electron chi connectivity index (χ0n) is 9.38. The summed E-state index contributed by atoms with van der Waals surface area (Å²) in [6.45, 7) is 0.583. The van der Waals surface area contributed by atoms with Crippen molar-refractivity contribution in [3.63, 3.8) is 0 Å². The minimum atomic E-state index is -0.400. The van der Waals surface area contributed by atoms with Gasteiger partial charge in [0.1, 0.15) is 5.82 Å². The van der Waals surface area contributed by atoms with E-state index in [9.17, 15) is 4.39 Å². The van der Waals surface area contributed by atoms with Crippen LogP contribution >= 0.6 is 34.2 Å². The van der Waals surface area contributed by atoms with Gasteiger partial charge in [0.25, 0.3) is 0 Å². The van der Waals surface area contributed by atoms with Gasteiger partial charge in [-0.15, -0.1) is 0 Å². The molecule has 0 heterocycles. The fraction of sp³-hybridized carbons (Fsp3) is 0.0769. The molecule has 0 saturated heterocycles. The van der Waals surface area contributed by atoms with E-state index in [1.54, 1.807) is 12.1 Å². The predicted octanol–water partition coefficient (Wildman–Crippen LogP) is 4.28. The van der Waals surface area contributed by atoms with Gasteiger partial charge in [0, 0.05) is 21.5 Å². The Bertz CT molecular complexity index is 575. The lowest BCUT2D eigenvalue weighted by Crippen LogP contribution is -2.01. The summed E-state index contributed by atoms with van der Waals surface area (Å²) in [5, 5.41) is 3.40. The first-order valence-corrected chi connectivity index (χ1v) is 6.75. The van der Waals surface area contributed by atoms with Crippen molar-refractivity contribution in [3.05, 3.63) is 56.4 Å². The maximum absolute atomic E-state index is 13.0. The van der Waals surface area contributed by atoms with E-state index in [0.717, 1.165) is 20.5 Å². The number of halogens is 3. The van der Waals surface area contributed by atoms with Crippen molar-refractivity contribution in [2.75, 3.05) is 11.1 Å². The molecule has 2 nitrogen and oxygen atoms in total. The quantitative estimate of drug-likeness (QED) is 0.620. The topological polar surface area (TPSA) is 38.0 Å². The van der Waals surface area contributed by atoms with Gasteiger partial charge in [-0.25, -0.2) is 4.39 Å². The van der Waals surface area contributed by atoms with Crippen molar-refractivity contribution < 1.29 is 4.39 Å². The number of nitrogen functional groups attached to an aromatic ring is 1. The van der Waals surface area contributed by atoms with E-state index in [-0.39, 0.29) is 5.02 Å². The van der Waals surface area contributed by atoms with Gasteiger partial charge in [-0.3, -0.25) is 0 Å². The SMILES string of the molecule is Nc1ccc(NCc2ccc(F)c(Cl)c2)c(I)c1. The van der Waals surface area contributed by atoms with Gasteiger partial charge in [-0.05, 0) is 58.5 Å². The van der Waals surface area contributed by atoms with Crippen LogP contribution in [0.1, 0.15) is 5.56 Å². The Morgan fingerprint density at radius 2 is 2.00 bits per heavy atom. The van der Waals surface area contributed by atoms with Crippen molar-refractivity contribution in [3.8, 4) is 0 Å². The molecule has 5 heteroatoms. The molecule has 0 unspecified atom stereocenters. The van der Waals surface area contributed by atoms with E-state index in [1.807, 2.05) is 18.2 Å². The maximum Gasteiger partial charge on any atom is 0.141 e. The second-order valence-corrected chi connectivity index (χ2v) is 5.41. The second kappa shape index (κ2) is 5.75. The van der Waals surface area contributed by atoms with E-state index >= 15 is 0 Å². The number of benzene rings is 2. The summed E-state index contributed by atoms with van der Waals surface area (Å²) in [5.74, 6) is -0.400. The second-order valence-electron chi connectivity index (χ2n) is 3.84. The molecule has 2 aromatic carbocycles. The van der Waals surface area contributed by atoms with Crippen LogP contribution in [0.25, 0.3) is 0 Å². The first-order chi connectivity index (χ1) is 8.56. The van der Waals surface area contributed by atoms with E-state index in [4.69, 9.17) is 17.3 Å². The van der Waals surface area contributed by atoms with Crippen LogP contribution in [-0.2, 0) is 6.54 Å². The average molecular weight is 377 g/mol. The average Bonchev–Trinajstić information content (AvgIpc) is 2.32. The standard InChI is InChI=1S/C13H11ClFIN2/c14-10-5-8(1-3-11(10)15)7-18-13-4-2-9(17)6-12(13)16/h1-6,18H,7,17H2. The lowest BCUT2D eigenvalue weighted by molar-refractivity contribution is 0.627. The van der Waals surface area contributed by atoms with Gasteiger partial charge in [0.15, 0.2) is 0 Å². The molecule has 0 amide bonds. The van der Waals surface area contributed by atoms with Crippen molar-refractivity contribution in [1.82, 2.24) is 0 Å². The zero-order chi connectivity index (χ0) is 13.1. The molecule has 2 rings (SSSR count). The zero-order valence-corrected chi connectivity index (χ0v) is 12.3. The third-order valence-corrected chi connectivity index (χ3v) is 3.64. The van der Waals surface area contributed by atoms with Gasteiger partial charge in [0.2, 0.25) is 0 Å². The number of nitrogens with one attached hydrogen (secondary N) is 1. The lowest BCUT2D eigenvalue weighted by Gasteiger charge is -2.09. The van der Waals surface area contributed by atoms with Gasteiger partial charge >= 0.3 is 0 Å². The van der Waals surface area contributed by atoms with E-state index in [1.165, 1.54) is 6.07 Å². The summed E-state index contributed by atoms with van der Waals surface area (Å²) in [5.41, 5.74) is 8.33. The van der Waals surface area contributed by atoms with Crippen LogP contribution in [0.15, 0.2) is 36.4 Å². The fourth-order valence-corrected chi connectivity index (χ4v) is 2.45. The Kier molecular flexibility index (Phi) is 4.29. The highest BCUT2D eigenvalue weighted by Crippen LogP contribution is 2.22. The molecule has 0 aliphatic rings. The molecule has 0 aliphatic carbocycles. The summed E-state index contributed by atoms with van der Waals surface area (Å²) in [6, 6.07) is 10.3. The molecule has 0 bridgehead atoms. The minimum Gasteiger partial charge on any atom is -0.399 e. The normalized spacial score (nSPS) is 10.4. The van der Waals surface area contributed by atoms with Crippen LogP contribution < -0.4 is 11.1 Å². The van der Waals surface area contributed by atoms with E-state index in [0.29, 0.717) is 6.54 Å². The van der Waals surface area contributed by atoms with Crippen LogP contribution in [0.5, 0.6) is 0 Å². The molecular formula is C13H11ClFIN2. The lowest BCUT2D eigenvalue weighted by atomic mass is 10.2. The number of hydrogen-bond donors (Lipinski definition) is 2. The molecule has 0 saturated carbocycles. The highest BCUT2D eigenvalue weighted by Gasteiger charge is 2.03.